The fraction of sp³-hybridized carbons (Fsp3) is 0.250. The van der Waals surface area contributed by atoms with Crippen molar-refractivity contribution in [3.05, 3.63) is 64.7 Å². The minimum Gasteiger partial charge on any atom is -0.165 e. The molecule has 0 nitrogen and oxygen atoms in total. The minimum atomic E-state index is 0. The van der Waals surface area contributed by atoms with E-state index in [0.29, 0.717) is 0 Å². The third kappa shape index (κ3) is 2.28. The van der Waals surface area contributed by atoms with Crippen LogP contribution in [0, 0.1) is 13.8 Å². The van der Waals surface area contributed by atoms with Crippen molar-refractivity contribution in [3.8, 4) is 11.1 Å². The molecular weight excluding hydrogens is 247 g/mol. The molecule has 3 aromatic rings. The van der Waals surface area contributed by atoms with Gasteiger partial charge in [-0.15, -0.1) is 28.5 Å². The summed E-state index contributed by atoms with van der Waals surface area (Å²) in [7, 11) is 0. The molecule has 1 aliphatic carbocycles. The number of aryl methyl sites for hydroxylation is 3. The first kappa shape index (κ1) is 14.6. The van der Waals surface area contributed by atoms with Gasteiger partial charge < -0.3 is 0 Å². The van der Waals surface area contributed by atoms with Crippen LogP contribution in [0.5, 0.6) is 0 Å². The third-order valence-electron chi connectivity index (χ3n) is 4.64. The zero-order valence-electron chi connectivity index (χ0n) is 13.2. The van der Waals surface area contributed by atoms with Gasteiger partial charge in [0.2, 0.25) is 0 Å². The van der Waals surface area contributed by atoms with E-state index in [4.69, 9.17) is 0 Å². The summed E-state index contributed by atoms with van der Waals surface area (Å²) >= 11 is 0. The van der Waals surface area contributed by atoms with Gasteiger partial charge in [0.1, 0.15) is 0 Å². The van der Waals surface area contributed by atoms with Crippen LogP contribution in [0.4, 0.5) is 0 Å². The van der Waals surface area contributed by atoms with Crippen molar-refractivity contribution in [1.82, 2.24) is 0 Å². The normalized spacial score (nSPS) is 13.2. The van der Waals surface area contributed by atoms with Gasteiger partial charge in [-0.3, -0.25) is 0 Å². The molecule has 0 aliphatic heterocycles. The van der Waals surface area contributed by atoms with Gasteiger partial charge in [-0.2, -0.15) is 6.07 Å². The molecule has 1 heteroatoms. The third-order valence-corrected chi connectivity index (χ3v) is 4.64. The summed E-state index contributed by atoms with van der Waals surface area (Å²) in [5.74, 6) is 0. The Bertz CT molecular complexity index is 808. The Kier molecular flexibility index (Phi) is 3.78. The second kappa shape index (κ2) is 5.45. The second-order valence-corrected chi connectivity index (χ2v) is 6.09. The van der Waals surface area contributed by atoms with Crippen molar-refractivity contribution in [2.45, 2.75) is 33.1 Å². The molecule has 3 aromatic carbocycles. The predicted molar refractivity (Wildman–Crippen MR) is 86.5 cm³/mol. The number of hydrogen-bond donors (Lipinski definition) is 0. The Labute approximate surface area is 138 Å². The first-order chi connectivity index (χ1) is 9.74. The van der Waals surface area contributed by atoms with Crippen molar-refractivity contribution in [2.75, 3.05) is 0 Å². The van der Waals surface area contributed by atoms with Gasteiger partial charge in [0, 0.05) is 0 Å². The van der Waals surface area contributed by atoms with Crippen molar-refractivity contribution >= 4 is 10.8 Å². The van der Waals surface area contributed by atoms with E-state index in [1.807, 2.05) is 0 Å². The van der Waals surface area contributed by atoms with Crippen molar-refractivity contribution < 1.29 is 18.9 Å². The summed E-state index contributed by atoms with van der Waals surface area (Å²) in [6.07, 6.45) is 3.79. The monoisotopic (exact) mass is 266 g/mol. The maximum absolute atomic E-state index is 2.42. The largest absolute Gasteiger partial charge is 1.00 e. The molecule has 0 saturated carbocycles. The van der Waals surface area contributed by atoms with E-state index in [9.17, 15) is 0 Å². The first-order valence-electron chi connectivity index (χ1n) is 7.52. The number of fused-ring (bicyclic) bond motifs is 2. The van der Waals surface area contributed by atoms with Crippen LogP contribution < -0.4 is 18.9 Å². The van der Waals surface area contributed by atoms with E-state index < -0.39 is 0 Å². The standard InChI is InChI=1S/C20H19.Li/c1-13-10-16-12-15-7-5-9-18(15)20(19(16)11-13)17-8-4-3-6-14(17)2;/h3-4,6,8,10-12H,5,7,9H2,1-2H3;/q-1;+1. The Morgan fingerprint density at radius 3 is 2.62 bits per heavy atom. The molecule has 4 rings (SSSR count). The van der Waals surface area contributed by atoms with E-state index in [2.05, 4.69) is 56.3 Å². The fourth-order valence-corrected chi connectivity index (χ4v) is 3.73. The molecule has 0 spiro atoms. The smallest absolute Gasteiger partial charge is 0.165 e. The summed E-state index contributed by atoms with van der Waals surface area (Å²) in [6.45, 7) is 4.43. The fourth-order valence-electron chi connectivity index (χ4n) is 3.73. The maximum atomic E-state index is 2.42. The van der Waals surface area contributed by atoms with Crippen LogP contribution in [0.15, 0.2) is 42.5 Å². The van der Waals surface area contributed by atoms with E-state index in [0.717, 1.165) is 0 Å². The molecule has 0 aromatic heterocycles. The molecule has 0 heterocycles. The quantitative estimate of drug-likeness (QED) is 0.468. The number of hydrogen-bond acceptors (Lipinski definition) is 0. The zero-order valence-corrected chi connectivity index (χ0v) is 13.2. The molecule has 0 atom stereocenters. The summed E-state index contributed by atoms with van der Waals surface area (Å²) in [5, 5.41) is 2.86. The van der Waals surface area contributed by atoms with Gasteiger partial charge in [0.05, 0.1) is 0 Å². The van der Waals surface area contributed by atoms with Crippen LogP contribution >= 0.6 is 0 Å². The molecule has 1 aliphatic rings. The second-order valence-electron chi connectivity index (χ2n) is 6.09. The Morgan fingerprint density at radius 1 is 1.00 bits per heavy atom. The van der Waals surface area contributed by atoms with Crippen LogP contribution in [0.3, 0.4) is 0 Å². The molecule has 0 radical (unpaired) electrons. The minimum absolute atomic E-state index is 0. The van der Waals surface area contributed by atoms with Gasteiger partial charge in [0.25, 0.3) is 0 Å². The zero-order chi connectivity index (χ0) is 13.7. The van der Waals surface area contributed by atoms with E-state index in [1.54, 1.807) is 11.1 Å². The first-order valence-corrected chi connectivity index (χ1v) is 7.52. The SMILES string of the molecule is Cc1cc2c(-c3ccccc3C)c3c(cc2[cH-]1)CCC3.[Li+]. The Hall–Kier alpha value is -1.35. The molecular formula is C20H19Li. The molecule has 0 saturated heterocycles. The van der Waals surface area contributed by atoms with E-state index >= 15 is 0 Å². The summed E-state index contributed by atoms with van der Waals surface area (Å²) in [6, 6.07) is 15.9. The average Bonchev–Trinajstić information content (AvgIpc) is 3.02. The molecule has 0 unspecified atom stereocenters. The van der Waals surface area contributed by atoms with Crippen LogP contribution in [0.2, 0.25) is 0 Å². The summed E-state index contributed by atoms with van der Waals surface area (Å²) in [5.41, 5.74) is 8.84. The van der Waals surface area contributed by atoms with E-state index in [-0.39, 0.29) is 18.9 Å². The topological polar surface area (TPSA) is 0 Å². The summed E-state index contributed by atoms with van der Waals surface area (Å²) in [4.78, 5) is 0. The van der Waals surface area contributed by atoms with Gasteiger partial charge in [0.15, 0.2) is 0 Å². The molecule has 0 amide bonds. The molecule has 21 heavy (non-hydrogen) atoms. The van der Waals surface area contributed by atoms with Crippen LogP contribution in [0.1, 0.15) is 28.7 Å². The predicted octanol–water partition coefficient (Wildman–Crippen LogP) is 2.34. The average molecular weight is 266 g/mol. The molecule has 0 bridgehead atoms. The van der Waals surface area contributed by atoms with Crippen molar-refractivity contribution in [2.24, 2.45) is 0 Å². The maximum Gasteiger partial charge on any atom is 1.00 e. The number of rotatable bonds is 1. The summed E-state index contributed by atoms with van der Waals surface area (Å²) < 4.78 is 0. The Balaban J connectivity index is 0.00000132. The van der Waals surface area contributed by atoms with Gasteiger partial charge in [-0.1, -0.05) is 47.9 Å². The van der Waals surface area contributed by atoms with Gasteiger partial charge >= 0.3 is 18.9 Å². The van der Waals surface area contributed by atoms with Crippen LogP contribution in [-0.2, 0) is 12.8 Å². The molecule has 100 valence electrons. The van der Waals surface area contributed by atoms with E-state index in [1.165, 1.54) is 52.3 Å². The van der Waals surface area contributed by atoms with Gasteiger partial charge in [-0.25, -0.2) is 0 Å². The van der Waals surface area contributed by atoms with Crippen molar-refractivity contribution in [1.29, 1.82) is 0 Å². The molecule has 0 fully saturated rings. The van der Waals surface area contributed by atoms with Crippen LogP contribution in [0.25, 0.3) is 21.9 Å². The Morgan fingerprint density at radius 2 is 1.81 bits per heavy atom. The van der Waals surface area contributed by atoms with Gasteiger partial charge in [-0.05, 0) is 37.3 Å². The molecule has 0 N–H and O–H groups in total. The number of benzene rings is 2. The van der Waals surface area contributed by atoms with Crippen molar-refractivity contribution in [3.63, 3.8) is 0 Å². The van der Waals surface area contributed by atoms with Crippen LogP contribution in [-0.4, -0.2) is 0 Å².